The minimum absolute atomic E-state index is 0.291. The van der Waals surface area contributed by atoms with Gasteiger partial charge in [0.2, 0.25) is 0 Å². The van der Waals surface area contributed by atoms with Crippen LogP contribution in [-0.2, 0) is 6.54 Å². The highest BCUT2D eigenvalue weighted by Crippen LogP contribution is 2.16. The predicted molar refractivity (Wildman–Crippen MR) is 90.0 cm³/mol. The van der Waals surface area contributed by atoms with E-state index in [1.807, 2.05) is 18.2 Å². The number of halogens is 2. The summed E-state index contributed by atoms with van der Waals surface area (Å²) in [6.07, 6.45) is 2.88. The van der Waals surface area contributed by atoms with Crippen molar-refractivity contribution in [2.45, 2.75) is 6.54 Å². The molecule has 6 heteroatoms. The zero-order valence-corrected chi connectivity index (χ0v) is 13.3. The third-order valence-corrected chi connectivity index (χ3v) is 3.78. The standard InChI is InChI=1S/C18H13ClFN3O/c19-16-4-2-1-3-13(16)9-23-18(24)14-10-21-17(22-11-14)12-5-7-15(20)8-6-12/h1-8,10-11H,9H2,(H,23,24). The van der Waals surface area contributed by atoms with E-state index in [-0.39, 0.29) is 11.7 Å². The Hall–Kier alpha value is -2.79. The van der Waals surface area contributed by atoms with Crippen molar-refractivity contribution in [1.82, 2.24) is 15.3 Å². The maximum atomic E-state index is 12.9. The molecular formula is C18H13ClFN3O. The molecule has 1 amide bonds. The van der Waals surface area contributed by atoms with Gasteiger partial charge < -0.3 is 5.32 Å². The third-order valence-electron chi connectivity index (χ3n) is 3.41. The quantitative estimate of drug-likeness (QED) is 0.783. The molecule has 0 radical (unpaired) electrons. The Balaban J connectivity index is 1.68. The van der Waals surface area contributed by atoms with E-state index in [1.54, 1.807) is 18.2 Å². The van der Waals surface area contributed by atoms with Crippen molar-refractivity contribution in [3.8, 4) is 11.4 Å². The summed E-state index contributed by atoms with van der Waals surface area (Å²) in [7, 11) is 0. The highest BCUT2D eigenvalue weighted by atomic mass is 35.5. The van der Waals surface area contributed by atoms with Gasteiger partial charge in [0.05, 0.1) is 5.56 Å². The van der Waals surface area contributed by atoms with Crippen LogP contribution in [-0.4, -0.2) is 15.9 Å². The average Bonchev–Trinajstić information content (AvgIpc) is 2.62. The highest BCUT2D eigenvalue weighted by molar-refractivity contribution is 6.31. The van der Waals surface area contributed by atoms with Gasteiger partial charge in [-0.3, -0.25) is 4.79 Å². The smallest absolute Gasteiger partial charge is 0.254 e. The van der Waals surface area contributed by atoms with Gasteiger partial charge in [0, 0.05) is 29.5 Å². The summed E-state index contributed by atoms with van der Waals surface area (Å²) in [6.45, 7) is 0.318. The number of amides is 1. The van der Waals surface area contributed by atoms with Gasteiger partial charge in [0.25, 0.3) is 5.91 Å². The van der Waals surface area contributed by atoms with Crippen LogP contribution in [0, 0.1) is 5.82 Å². The molecule has 2 aromatic carbocycles. The normalized spacial score (nSPS) is 10.4. The summed E-state index contributed by atoms with van der Waals surface area (Å²) < 4.78 is 12.9. The van der Waals surface area contributed by atoms with Crippen LogP contribution < -0.4 is 5.32 Å². The van der Waals surface area contributed by atoms with Gasteiger partial charge in [-0.25, -0.2) is 14.4 Å². The van der Waals surface area contributed by atoms with Gasteiger partial charge in [-0.05, 0) is 35.9 Å². The number of nitrogens with zero attached hydrogens (tertiary/aromatic N) is 2. The molecular weight excluding hydrogens is 329 g/mol. The van der Waals surface area contributed by atoms with Crippen LogP contribution >= 0.6 is 11.6 Å². The van der Waals surface area contributed by atoms with Gasteiger partial charge in [0.1, 0.15) is 5.82 Å². The Labute approximate surface area is 143 Å². The molecule has 1 N–H and O–H groups in total. The van der Waals surface area contributed by atoms with Crippen LogP contribution in [0.5, 0.6) is 0 Å². The van der Waals surface area contributed by atoms with Crippen molar-refractivity contribution < 1.29 is 9.18 Å². The van der Waals surface area contributed by atoms with Crippen LogP contribution in [0.1, 0.15) is 15.9 Å². The Kier molecular flexibility index (Phi) is 4.82. The summed E-state index contributed by atoms with van der Waals surface area (Å²) in [4.78, 5) is 20.4. The van der Waals surface area contributed by atoms with Crippen molar-refractivity contribution in [2.75, 3.05) is 0 Å². The maximum Gasteiger partial charge on any atom is 0.254 e. The summed E-state index contributed by atoms with van der Waals surface area (Å²) in [6, 6.07) is 13.1. The first kappa shape index (κ1) is 16.1. The predicted octanol–water partition coefficient (Wildman–Crippen LogP) is 3.87. The number of nitrogens with one attached hydrogen (secondary N) is 1. The molecule has 1 heterocycles. The van der Waals surface area contributed by atoms with E-state index in [0.717, 1.165) is 5.56 Å². The fourth-order valence-electron chi connectivity index (χ4n) is 2.11. The Morgan fingerprint density at radius 1 is 1.04 bits per heavy atom. The van der Waals surface area contributed by atoms with E-state index < -0.39 is 0 Å². The first-order valence-corrected chi connectivity index (χ1v) is 7.61. The fraction of sp³-hybridized carbons (Fsp3) is 0.0556. The topological polar surface area (TPSA) is 54.9 Å². The molecule has 0 saturated carbocycles. The van der Waals surface area contributed by atoms with E-state index in [1.165, 1.54) is 24.5 Å². The molecule has 0 spiro atoms. The molecule has 0 aliphatic heterocycles. The number of hydrogen-bond acceptors (Lipinski definition) is 3. The SMILES string of the molecule is O=C(NCc1ccccc1Cl)c1cnc(-c2ccc(F)cc2)nc1. The summed E-state index contributed by atoms with van der Waals surface area (Å²) in [5.41, 5.74) is 1.85. The lowest BCUT2D eigenvalue weighted by Gasteiger charge is -2.07. The van der Waals surface area contributed by atoms with Crippen LogP contribution in [0.2, 0.25) is 5.02 Å². The minimum atomic E-state index is -0.325. The van der Waals surface area contributed by atoms with Crippen molar-refractivity contribution in [3.05, 3.63) is 82.9 Å². The molecule has 0 aliphatic carbocycles. The first-order chi connectivity index (χ1) is 11.6. The second-order valence-electron chi connectivity index (χ2n) is 5.08. The zero-order chi connectivity index (χ0) is 16.9. The summed E-state index contributed by atoms with van der Waals surface area (Å²) in [5.74, 6) is -0.187. The molecule has 1 aromatic heterocycles. The van der Waals surface area contributed by atoms with E-state index >= 15 is 0 Å². The van der Waals surface area contributed by atoms with E-state index in [0.29, 0.717) is 28.5 Å². The van der Waals surface area contributed by atoms with Gasteiger partial charge in [0.15, 0.2) is 5.82 Å². The number of hydrogen-bond donors (Lipinski definition) is 1. The lowest BCUT2D eigenvalue weighted by Crippen LogP contribution is -2.23. The molecule has 120 valence electrons. The molecule has 0 fully saturated rings. The molecule has 0 bridgehead atoms. The Morgan fingerprint density at radius 3 is 2.38 bits per heavy atom. The summed E-state index contributed by atoms with van der Waals surface area (Å²) >= 11 is 6.05. The summed E-state index contributed by atoms with van der Waals surface area (Å²) in [5, 5.41) is 3.37. The van der Waals surface area contributed by atoms with Gasteiger partial charge in [-0.1, -0.05) is 29.8 Å². The van der Waals surface area contributed by atoms with E-state index in [9.17, 15) is 9.18 Å². The number of benzene rings is 2. The molecule has 0 unspecified atom stereocenters. The second kappa shape index (κ2) is 7.19. The van der Waals surface area contributed by atoms with Crippen LogP contribution in [0.25, 0.3) is 11.4 Å². The minimum Gasteiger partial charge on any atom is -0.348 e. The first-order valence-electron chi connectivity index (χ1n) is 7.23. The lowest BCUT2D eigenvalue weighted by atomic mass is 10.2. The Morgan fingerprint density at radius 2 is 1.71 bits per heavy atom. The van der Waals surface area contributed by atoms with E-state index in [2.05, 4.69) is 15.3 Å². The van der Waals surface area contributed by atoms with Crippen molar-refractivity contribution >= 4 is 17.5 Å². The number of rotatable bonds is 4. The highest BCUT2D eigenvalue weighted by Gasteiger charge is 2.09. The van der Waals surface area contributed by atoms with E-state index in [4.69, 9.17) is 11.6 Å². The van der Waals surface area contributed by atoms with Crippen LogP contribution in [0.4, 0.5) is 4.39 Å². The molecule has 0 saturated heterocycles. The van der Waals surface area contributed by atoms with Crippen molar-refractivity contribution in [1.29, 1.82) is 0 Å². The molecule has 4 nitrogen and oxygen atoms in total. The molecule has 24 heavy (non-hydrogen) atoms. The van der Waals surface area contributed by atoms with Crippen LogP contribution in [0.3, 0.4) is 0 Å². The average molecular weight is 342 g/mol. The van der Waals surface area contributed by atoms with Crippen LogP contribution in [0.15, 0.2) is 60.9 Å². The van der Waals surface area contributed by atoms with Crippen molar-refractivity contribution in [2.24, 2.45) is 0 Å². The largest absolute Gasteiger partial charge is 0.348 e. The fourth-order valence-corrected chi connectivity index (χ4v) is 2.32. The zero-order valence-electron chi connectivity index (χ0n) is 12.5. The molecule has 0 aliphatic rings. The maximum absolute atomic E-state index is 12.9. The molecule has 3 rings (SSSR count). The van der Waals surface area contributed by atoms with Gasteiger partial charge in [-0.2, -0.15) is 0 Å². The number of aromatic nitrogens is 2. The number of carbonyl (C=O) groups is 1. The Bertz CT molecular complexity index is 851. The van der Waals surface area contributed by atoms with Gasteiger partial charge >= 0.3 is 0 Å². The third kappa shape index (κ3) is 3.75. The number of carbonyl (C=O) groups excluding carboxylic acids is 1. The molecule has 0 atom stereocenters. The molecule has 3 aromatic rings. The lowest BCUT2D eigenvalue weighted by molar-refractivity contribution is 0.0950. The second-order valence-corrected chi connectivity index (χ2v) is 5.48. The van der Waals surface area contributed by atoms with Crippen molar-refractivity contribution in [3.63, 3.8) is 0 Å². The van der Waals surface area contributed by atoms with Gasteiger partial charge in [-0.15, -0.1) is 0 Å². The monoisotopic (exact) mass is 341 g/mol.